The van der Waals surface area contributed by atoms with Gasteiger partial charge in [-0.05, 0) is 44.5 Å². The molecular weight excluding hydrogens is 368 g/mol. The van der Waals surface area contributed by atoms with Gasteiger partial charge in [-0.2, -0.15) is 5.10 Å². The third-order valence-electron chi connectivity index (χ3n) is 5.92. The number of carbonyl (C=O) groups excluding carboxylic acids is 2. The standard InChI is InChI=1S/C22H22N4O3/c1-13-8-9-14(29-13)11-23-25-12-19(27)26-18(21(25)28)10-16-15-6-4-5-7-17(15)24-20(16)22(26,2)3/h4-9,11,18,24H,10,12H2,1-3H3/b23-11+/t18-/m0/s1. The van der Waals surface area contributed by atoms with E-state index in [1.807, 2.05) is 45.0 Å². The minimum atomic E-state index is -0.613. The van der Waals surface area contributed by atoms with Gasteiger partial charge in [-0.15, -0.1) is 0 Å². The predicted molar refractivity (Wildman–Crippen MR) is 108 cm³/mol. The molecule has 0 saturated carbocycles. The van der Waals surface area contributed by atoms with Crippen molar-refractivity contribution in [1.82, 2.24) is 14.9 Å². The van der Waals surface area contributed by atoms with Crippen molar-refractivity contribution in [2.75, 3.05) is 6.54 Å². The van der Waals surface area contributed by atoms with Gasteiger partial charge in [0.2, 0.25) is 5.91 Å². The molecule has 2 amide bonds. The van der Waals surface area contributed by atoms with E-state index in [4.69, 9.17) is 4.42 Å². The minimum Gasteiger partial charge on any atom is -0.460 e. The smallest absolute Gasteiger partial charge is 0.266 e. The van der Waals surface area contributed by atoms with Crippen LogP contribution >= 0.6 is 0 Å². The zero-order chi connectivity index (χ0) is 20.3. The lowest BCUT2D eigenvalue weighted by Crippen LogP contribution is -2.66. The molecule has 4 heterocycles. The lowest BCUT2D eigenvalue weighted by molar-refractivity contribution is -0.163. The van der Waals surface area contributed by atoms with Gasteiger partial charge in [0.15, 0.2) is 0 Å². The molecule has 7 heteroatoms. The molecule has 0 unspecified atom stereocenters. The minimum absolute atomic E-state index is 0.0789. The molecule has 0 bridgehead atoms. The van der Waals surface area contributed by atoms with E-state index in [-0.39, 0.29) is 18.4 Å². The third kappa shape index (κ3) is 2.61. The lowest BCUT2D eigenvalue weighted by Gasteiger charge is -2.50. The van der Waals surface area contributed by atoms with E-state index in [1.165, 1.54) is 11.2 Å². The van der Waals surface area contributed by atoms with Gasteiger partial charge in [0, 0.05) is 23.0 Å². The van der Waals surface area contributed by atoms with Gasteiger partial charge in [0.1, 0.15) is 24.1 Å². The topological polar surface area (TPSA) is 81.9 Å². The summed E-state index contributed by atoms with van der Waals surface area (Å²) in [6, 6.07) is 11.1. The Labute approximate surface area is 168 Å². The molecule has 2 aliphatic heterocycles. The van der Waals surface area contributed by atoms with Crippen molar-refractivity contribution in [2.45, 2.75) is 38.8 Å². The lowest BCUT2D eigenvalue weighted by atomic mass is 9.82. The highest BCUT2D eigenvalue weighted by Crippen LogP contribution is 2.42. The van der Waals surface area contributed by atoms with Crippen LogP contribution < -0.4 is 0 Å². The van der Waals surface area contributed by atoms with E-state index >= 15 is 0 Å². The summed E-state index contributed by atoms with van der Waals surface area (Å²) < 4.78 is 5.47. The van der Waals surface area contributed by atoms with Crippen molar-refractivity contribution in [2.24, 2.45) is 5.10 Å². The van der Waals surface area contributed by atoms with Gasteiger partial charge in [0.25, 0.3) is 5.91 Å². The van der Waals surface area contributed by atoms with Crippen LogP contribution in [0.25, 0.3) is 10.9 Å². The molecule has 0 radical (unpaired) electrons. The molecule has 1 N–H and O–H groups in total. The van der Waals surface area contributed by atoms with Crippen LogP contribution in [0, 0.1) is 6.92 Å². The number of hydrogen-bond donors (Lipinski definition) is 1. The Morgan fingerprint density at radius 3 is 2.76 bits per heavy atom. The van der Waals surface area contributed by atoms with Gasteiger partial charge in [-0.3, -0.25) is 9.59 Å². The van der Waals surface area contributed by atoms with Crippen molar-refractivity contribution in [1.29, 1.82) is 0 Å². The number of hydrazone groups is 1. The second-order valence-corrected chi connectivity index (χ2v) is 8.16. The van der Waals surface area contributed by atoms with Crippen molar-refractivity contribution >= 4 is 28.9 Å². The van der Waals surface area contributed by atoms with Gasteiger partial charge in [-0.1, -0.05) is 18.2 Å². The number of para-hydroxylation sites is 1. The Morgan fingerprint density at radius 1 is 1.21 bits per heavy atom. The maximum Gasteiger partial charge on any atom is 0.266 e. The van der Waals surface area contributed by atoms with Gasteiger partial charge in [-0.25, -0.2) is 5.01 Å². The molecule has 1 fully saturated rings. The van der Waals surface area contributed by atoms with E-state index in [0.29, 0.717) is 12.2 Å². The Bertz CT molecular complexity index is 1170. The summed E-state index contributed by atoms with van der Waals surface area (Å²) >= 11 is 0. The van der Waals surface area contributed by atoms with Gasteiger partial charge >= 0.3 is 0 Å². The number of rotatable bonds is 2. The van der Waals surface area contributed by atoms with Crippen LogP contribution in [-0.2, 0) is 21.5 Å². The first-order chi connectivity index (χ1) is 13.9. The molecule has 1 aromatic carbocycles. The molecular formula is C22H22N4O3. The summed E-state index contributed by atoms with van der Waals surface area (Å²) in [7, 11) is 0. The summed E-state index contributed by atoms with van der Waals surface area (Å²) in [5.41, 5.74) is 2.51. The number of furan rings is 1. The van der Waals surface area contributed by atoms with E-state index < -0.39 is 11.6 Å². The highest BCUT2D eigenvalue weighted by atomic mass is 16.3. The normalized spacial score (nSPS) is 21.1. The first-order valence-electron chi connectivity index (χ1n) is 9.70. The Kier molecular flexibility index (Phi) is 3.71. The van der Waals surface area contributed by atoms with Crippen molar-refractivity contribution < 1.29 is 14.0 Å². The van der Waals surface area contributed by atoms with Crippen LogP contribution in [0.15, 0.2) is 45.9 Å². The van der Waals surface area contributed by atoms with Gasteiger partial charge < -0.3 is 14.3 Å². The summed E-state index contributed by atoms with van der Waals surface area (Å²) in [5, 5.41) is 6.61. The number of piperazine rings is 1. The molecule has 7 nitrogen and oxygen atoms in total. The number of fused-ring (bicyclic) bond motifs is 4. The quantitative estimate of drug-likeness (QED) is 0.683. The Morgan fingerprint density at radius 2 is 2.00 bits per heavy atom. The van der Waals surface area contributed by atoms with E-state index in [9.17, 15) is 9.59 Å². The van der Waals surface area contributed by atoms with Crippen LogP contribution in [0.1, 0.15) is 36.6 Å². The monoisotopic (exact) mass is 390 g/mol. The number of H-pyrrole nitrogens is 1. The molecule has 3 aromatic rings. The number of nitrogens with one attached hydrogen (secondary N) is 1. The summed E-state index contributed by atoms with van der Waals surface area (Å²) in [6.45, 7) is 5.74. The molecule has 29 heavy (non-hydrogen) atoms. The SMILES string of the molecule is Cc1ccc(/C=N/N2CC(=O)N3[C@@H](Cc4c([nH]c5ccccc45)C3(C)C)C2=O)o1. The molecule has 0 spiro atoms. The summed E-state index contributed by atoms with van der Waals surface area (Å²) in [6.07, 6.45) is 1.96. The van der Waals surface area contributed by atoms with Crippen LogP contribution in [0.5, 0.6) is 0 Å². The molecule has 1 atom stereocenters. The van der Waals surface area contributed by atoms with E-state index in [0.717, 1.165) is 27.9 Å². The molecule has 0 aliphatic carbocycles. The van der Waals surface area contributed by atoms with Crippen molar-refractivity contribution in [3.8, 4) is 0 Å². The van der Waals surface area contributed by atoms with Crippen LogP contribution in [0.3, 0.4) is 0 Å². The van der Waals surface area contributed by atoms with Crippen LogP contribution in [-0.4, -0.2) is 45.5 Å². The molecule has 5 rings (SSSR count). The molecule has 2 aliphatic rings. The van der Waals surface area contributed by atoms with Crippen molar-refractivity contribution in [3.05, 3.63) is 59.2 Å². The second-order valence-electron chi connectivity index (χ2n) is 8.16. The number of aromatic nitrogens is 1. The number of hydrogen-bond acceptors (Lipinski definition) is 4. The zero-order valence-corrected chi connectivity index (χ0v) is 16.6. The fourth-order valence-corrected chi connectivity index (χ4v) is 4.61. The number of benzene rings is 1. The zero-order valence-electron chi connectivity index (χ0n) is 16.6. The second kappa shape index (κ2) is 6.07. The largest absolute Gasteiger partial charge is 0.460 e. The predicted octanol–water partition coefficient (Wildman–Crippen LogP) is 2.93. The van der Waals surface area contributed by atoms with Crippen molar-refractivity contribution in [3.63, 3.8) is 0 Å². The highest BCUT2D eigenvalue weighted by Gasteiger charge is 2.51. The first kappa shape index (κ1) is 17.7. The number of carbonyl (C=O) groups is 2. The Hall–Kier alpha value is -3.35. The van der Waals surface area contributed by atoms with Gasteiger partial charge in [0.05, 0.1) is 11.8 Å². The average molecular weight is 390 g/mol. The van der Waals surface area contributed by atoms with Crippen LogP contribution in [0.4, 0.5) is 0 Å². The third-order valence-corrected chi connectivity index (χ3v) is 5.92. The first-order valence-corrected chi connectivity index (χ1v) is 9.70. The average Bonchev–Trinajstić information content (AvgIpc) is 3.27. The Balaban J connectivity index is 1.53. The molecule has 1 saturated heterocycles. The number of amides is 2. The fraction of sp³-hybridized carbons (Fsp3) is 0.318. The molecule has 2 aromatic heterocycles. The maximum absolute atomic E-state index is 13.3. The number of nitrogens with zero attached hydrogens (tertiary/aromatic N) is 3. The van der Waals surface area contributed by atoms with E-state index in [2.05, 4.69) is 16.2 Å². The summed E-state index contributed by atoms with van der Waals surface area (Å²) in [5.74, 6) is 1.03. The number of aryl methyl sites for hydroxylation is 1. The molecule has 148 valence electrons. The summed E-state index contributed by atoms with van der Waals surface area (Å²) in [4.78, 5) is 31.5. The number of aromatic amines is 1. The maximum atomic E-state index is 13.3. The fourth-order valence-electron chi connectivity index (χ4n) is 4.61. The van der Waals surface area contributed by atoms with E-state index in [1.54, 1.807) is 11.0 Å². The highest BCUT2D eigenvalue weighted by molar-refractivity contribution is 5.98. The van der Waals surface area contributed by atoms with Crippen LogP contribution in [0.2, 0.25) is 0 Å².